The maximum atomic E-state index is 9.13. The SMILES string of the molecule is NC(N)=O.NCC(=O)[O-].NCC(=O)[O-].[Zn+2]. The molecule has 0 aromatic rings. The molecule has 2 amide bonds. The summed E-state index contributed by atoms with van der Waals surface area (Å²) >= 11 is 0. The van der Waals surface area contributed by atoms with Crippen LogP contribution in [0.25, 0.3) is 0 Å². The van der Waals surface area contributed by atoms with Crippen LogP contribution in [0.3, 0.4) is 0 Å². The molecule has 8 N–H and O–H groups in total. The molecule has 0 heterocycles. The Morgan fingerprint density at radius 1 is 0.867 bits per heavy atom. The van der Waals surface area contributed by atoms with E-state index in [2.05, 4.69) is 22.9 Å². The Hall–Kier alpha value is -1.25. The van der Waals surface area contributed by atoms with Gasteiger partial charge in [-0.3, -0.25) is 0 Å². The van der Waals surface area contributed by atoms with Gasteiger partial charge in [-0.05, 0) is 0 Å². The number of aliphatic carboxylic acids is 2. The fourth-order valence-corrected chi connectivity index (χ4v) is 0. The Morgan fingerprint density at radius 2 is 0.933 bits per heavy atom. The molecule has 0 aliphatic heterocycles. The van der Waals surface area contributed by atoms with E-state index >= 15 is 0 Å². The zero-order valence-electron chi connectivity index (χ0n) is 7.97. The molecular formula is C5H12N4O5Zn. The molecule has 0 aliphatic rings. The minimum absolute atomic E-state index is 0. The number of hydrogen-bond donors (Lipinski definition) is 4. The van der Waals surface area contributed by atoms with Crippen LogP contribution in [-0.4, -0.2) is 31.1 Å². The zero-order chi connectivity index (χ0) is 12.1. The molecule has 0 saturated carbocycles. The number of rotatable bonds is 2. The maximum absolute atomic E-state index is 9.13. The van der Waals surface area contributed by atoms with Crippen LogP contribution < -0.4 is 33.1 Å². The van der Waals surface area contributed by atoms with Crippen LogP contribution in [-0.2, 0) is 29.1 Å². The number of nitrogens with two attached hydrogens (primary N) is 4. The van der Waals surface area contributed by atoms with Gasteiger partial charge in [0.05, 0.1) is 11.9 Å². The van der Waals surface area contributed by atoms with Crippen LogP contribution >= 0.6 is 0 Å². The van der Waals surface area contributed by atoms with Crippen LogP contribution in [0.5, 0.6) is 0 Å². The first-order chi connectivity index (χ1) is 6.27. The molecule has 9 nitrogen and oxygen atoms in total. The number of urea groups is 1. The molecule has 0 bridgehead atoms. The van der Waals surface area contributed by atoms with Gasteiger partial charge in [0.15, 0.2) is 0 Å². The smallest absolute Gasteiger partial charge is 0.549 e. The first kappa shape index (κ1) is 23.5. The summed E-state index contributed by atoms with van der Waals surface area (Å²) in [7, 11) is 0. The minimum atomic E-state index is -1.22. The molecule has 0 unspecified atom stereocenters. The second-order valence-electron chi connectivity index (χ2n) is 1.55. The summed E-state index contributed by atoms with van der Waals surface area (Å²) in [6, 6.07) is -0.833. The molecule has 0 saturated heterocycles. The van der Waals surface area contributed by atoms with Crippen LogP contribution in [0.4, 0.5) is 4.79 Å². The molecule has 84 valence electrons. The topological polar surface area (TPSA) is 201 Å². The van der Waals surface area contributed by atoms with Gasteiger partial charge in [-0.1, -0.05) is 0 Å². The number of amides is 2. The quantitative estimate of drug-likeness (QED) is 0.359. The fraction of sp³-hybridized carbons (Fsp3) is 0.400. The van der Waals surface area contributed by atoms with E-state index in [1.807, 2.05) is 0 Å². The van der Waals surface area contributed by atoms with E-state index in [1.54, 1.807) is 0 Å². The van der Waals surface area contributed by atoms with Gasteiger partial charge < -0.3 is 42.7 Å². The summed E-state index contributed by atoms with van der Waals surface area (Å²) in [6.07, 6.45) is 0. The third-order valence-electron chi connectivity index (χ3n) is 0.333. The standard InChI is InChI=1S/2C2H5NO2.CH4N2O.Zn/c2*3-1-2(4)5;2-1(3)4;/h2*1,3H2,(H,4,5);(H4,2,3,4);/q;;;+2/p-2. The summed E-state index contributed by atoms with van der Waals surface area (Å²) in [5.74, 6) is -2.44. The molecule has 0 atom stereocenters. The molecule has 0 rings (SSSR count). The third-order valence-corrected chi connectivity index (χ3v) is 0.333. The largest absolute Gasteiger partial charge is 2.00 e. The third kappa shape index (κ3) is 195. The van der Waals surface area contributed by atoms with Gasteiger partial charge >= 0.3 is 25.5 Å². The van der Waals surface area contributed by atoms with Crippen LogP contribution in [0.15, 0.2) is 0 Å². The van der Waals surface area contributed by atoms with Crippen molar-refractivity contribution in [3.05, 3.63) is 0 Å². The van der Waals surface area contributed by atoms with Crippen molar-refractivity contribution in [2.24, 2.45) is 22.9 Å². The van der Waals surface area contributed by atoms with Crippen molar-refractivity contribution in [3.8, 4) is 0 Å². The summed E-state index contributed by atoms with van der Waals surface area (Å²) < 4.78 is 0. The molecule has 15 heavy (non-hydrogen) atoms. The number of hydrogen-bond acceptors (Lipinski definition) is 7. The normalized spacial score (nSPS) is 6.53. The summed E-state index contributed by atoms with van der Waals surface area (Å²) in [4.78, 5) is 27.3. The van der Waals surface area contributed by atoms with Crippen LogP contribution in [0, 0.1) is 0 Å². The molecule has 0 aromatic carbocycles. The van der Waals surface area contributed by atoms with E-state index in [0.717, 1.165) is 0 Å². The van der Waals surface area contributed by atoms with Gasteiger partial charge in [0, 0.05) is 13.1 Å². The van der Waals surface area contributed by atoms with Gasteiger partial charge in [0.25, 0.3) is 0 Å². The molecule has 10 heteroatoms. The number of carbonyl (C=O) groups excluding carboxylic acids is 3. The summed E-state index contributed by atoms with van der Waals surface area (Å²) in [5, 5.41) is 18.3. The average molecular weight is 274 g/mol. The Labute approximate surface area is 98.5 Å². The van der Waals surface area contributed by atoms with Gasteiger partial charge in [-0.15, -0.1) is 0 Å². The second kappa shape index (κ2) is 18.5. The molecule has 0 aromatic heterocycles. The monoisotopic (exact) mass is 272 g/mol. The van der Waals surface area contributed by atoms with Crippen molar-refractivity contribution >= 4 is 18.0 Å². The van der Waals surface area contributed by atoms with E-state index in [1.165, 1.54) is 0 Å². The molecule has 0 aliphatic carbocycles. The number of carboxylic acid groups (broad SMARTS) is 2. The molecule has 0 spiro atoms. The fourth-order valence-electron chi connectivity index (χ4n) is 0. The van der Waals surface area contributed by atoms with Crippen molar-refractivity contribution in [2.75, 3.05) is 13.1 Å². The van der Waals surface area contributed by atoms with Crippen molar-refractivity contribution in [2.45, 2.75) is 0 Å². The minimum Gasteiger partial charge on any atom is -0.549 e. The van der Waals surface area contributed by atoms with Crippen molar-refractivity contribution in [1.82, 2.24) is 0 Å². The summed E-state index contributed by atoms with van der Waals surface area (Å²) in [6.45, 7) is -0.778. The van der Waals surface area contributed by atoms with Gasteiger partial charge in [-0.25, -0.2) is 4.79 Å². The van der Waals surface area contributed by atoms with E-state index in [-0.39, 0.29) is 32.6 Å². The van der Waals surface area contributed by atoms with Crippen molar-refractivity contribution in [3.63, 3.8) is 0 Å². The Morgan fingerprint density at radius 3 is 0.933 bits per heavy atom. The van der Waals surface area contributed by atoms with Gasteiger partial charge in [-0.2, -0.15) is 0 Å². The van der Waals surface area contributed by atoms with E-state index in [0.29, 0.717) is 0 Å². The first-order valence-corrected chi connectivity index (χ1v) is 3.12. The Kier molecular flexibility index (Phi) is 29.0. The maximum Gasteiger partial charge on any atom is 2.00 e. The number of primary amides is 2. The second-order valence-corrected chi connectivity index (χ2v) is 1.55. The van der Waals surface area contributed by atoms with E-state index in [4.69, 9.17) is 24.6 Å². The van der Waals surface area contributed by atoms with Crippen molar-refractivity contribution in [1.29, 1.82) is 0 Å². The molecule has 0 radical (unpaired) electrons. The predicted molar refractivity (Wildman–Crippen MR) is 41.9 cm³/mol. The average Bonchev–Trinajstić information content (AvgIpc) is 2.04. The van der Waals surface area contributed by atoms with Crippen LogP contribution in [0.1, 0.15) is 0 Å². The predicted octanol–water partition coefficient (Wildman–Crippen LogP) is -5.59. The Balaban J connectivity index is -0.0000000590. The molecular weight excluding hydrogens is 261 g/mol. The Bertz CT molecular complexity index is 170. The van der Waals surface area contributed by atoms with Crippen LogP contribution in [0.2, 0.25) is 0 Å². The zero-order valence-corrected chi connectivity index (χ0v) is 10.9. The van der Waals surface area contributed by atoms with Gasteiger partial charge in [0.2, 0.25) is 0 Å². The first-order valence-electron chi connectivity index (χ1n) is 3.12. The van der Waals surface area contributed by atoms with E-state index < -0.39 is 18.0 Å². The number of carbonyl (C=O) groups is 3. The van der Waals surface area contributed by atoms with Crippen molar-refractivity contribution < 1.29 is 44.1 Å². The number of carboxylic acids is 2. The molecule has 0 fully saturated rings. The summed E-state index contributed by atoms with van der Waals surface area (Å²) in [5.41, 5.74) is 17.5. The van der Waals surface area contributed by atoms with Gasteiger partial charge in [0.1, 0.15) is 0 Å². The van der Waals surface area contributed by atoms with E-state index in [9.17, 15) is 0 Å².